The first-order valence-electron chi connectivity index (χ1n) is 8.32. The Balaban J connectivity index is 1.80. The molecule has 0 fully saturated rings. The Morgan fingerprint density at radius 3 is 2.56 bits per heavy atom. The van der Waals surface area contributed by atoms with Crippen LogP contribution in [0.1, 0.15) is 11.1 Å². The second-order valence-electron chi connectivity index (χ2n) is 6.23. The highest BCUT2D eigenvalue weighted by Gasteiger charge is 2.07. The largest absolute Gasteiger partial charge is 0.268 e. The number of hydrogen-bond acceptors (Lipinski definition) is 2. The summed E-state index contributed by atoms with van der Waals surface area (Å²) in [6.45, 7) is 2.52. The van der Waals surface area contributed by atoms with E-state index >= 15 is 0 Å². The first kappa shape index (κ1) is 15.3. The Morgan fingerprint density at radius 1 is 0.880 bits per heavy atom. The van der Waals surface area contributed by atoms with Gasteiger partial charge in [-0.2, -0.15) is 5.10 Å². The van der Waals surface area contributed by atoms with E-state index in [-0.39, 0.29) is 5.56 Å². The summed E-state index contributed by atoms with van der Waals surface area (Å²) in [6.07, 6.45) is 0. The molecule has 0 N–H and O–H groups in total. The molecule has 3 aromatic carbocycles. The van der Waals surface area contributed by atoms with Crippen LogP contribution in [0.4, 0.5) is 0 Å². The van der Waals surface area contributed by atoms with E-state index in [1.54, 1.807) is 12.1 Å². The summed E-state index contributed by atoms with van der Waals surface area (Å²) < 4.78 is 1.53. The van der Waals surface area contributed by atoms with Gasteiger partial charge in [0.25, 0.3) is 5.56 Å². The molecule has 3 heteroatoms. The number of aryl methyl sites for hydroxylation is 1. The van der Waals surface area contributed by atoms with Crippen LogP contribution in [0.15, 0.2) is 83.7 Å². The lowest BCUT2D eigenvalue weighted by atomic mass is 10.0. The van der Waals surface area contributed by atoms with Crippen LogP contribution in [-0.4, -0.2) is 9.78 Å². The van der Waals surface area contributed by atoms with E-state index in [0.29, 0.717) is 6.54 Å². The molecule has 0 radical (unpaired) electrons. The Morgan fingerprint density at radius 2 is 1.68 bits per heavy atom. The van der Waals surface area contributed by atoms with Gasteiger partial charge in [-0.3, -0.25) is 4.79 Å². The molecule has 0 amide bonds. The van der Waals surface area contributed by atoms with Crippen LogP contribution in [0, 0.1) is 6.92 Å². The summed E-state index contributed by atoms with van der Waals surface area (Å²) in [4.78, 5) is 12.3. The van der Waals surface area contributed by atoms with Crippen LogP contribution in [0.25, 0.3) is 22.0 Å². The SMILES string of the molecule is Cc1cccc(Cn2nc(-c3cccc4ccccc34)ccc2=O)c1. The molecule has 3 nitrogen and oxygen atoms in total. The molecule has 25 heavy (non-hydrogen) atoms. The van der Waals surface area contributed by atoms with Crippen molar-refractivity contribution in [3.05, 3.63) is 100 Å². The smallest absolute Gasteiger partial charge is 0.267 e. The van der Waals surface area contributed by atoms with E-state index < -0.39 is 0 Å². The zero-order chi connectivity index (χ0) is 17.2. The van der Waals surface area contributed by atoms with Crippen molar-refractivity contribution in [2.75, 3.05) is 0 Å². The molecule has 0 atom stereocenters. The third-order valence-electron chi connectivity index (χ3n) is 4.35. The van der Waals surface area contributed by atoms with Crippen molar-refractivity contribution in [3.63, 3.8) is 0 Å². The highest BCUT2D eigenvalue weighted by Crippen LogP contribution is 2.26. The zero-order valence-corrected chi connectivity index (χ0v) is 14.0. The summed E-state index contributed by atoms with van der Waals surface area (Å²) in [7, 11) is 0. The van der Waals surface area contributed by atoms with E-state index in [2.05, 4.69) is 29.4 Å². The number of aromatic nitrogens is 2. The maximum atomic E-state index is 12.3. The fourth-order valence-corrected chi connectivity index (χ4v) is 3.14. The molecule has 0 spiro atoms. The van der Waals surface area contributed by atoms with Crippen molar-refractivity contribution < 1.29 is 0 Å². The predicted octanol–water partition coefficient (Wildman–Crippen LogP) is 4.42. The van der Waals surface area contributed by atoms with Crippen molar-refractivity contribution in [1.29, 1.82) is 0 Å². The Hall–Kier alpha value is -3.20. The van der Waals surface area contributed by atoms with E-state index in [1.165, 1.54) is 15.6 Å². The van der Waals surface area contributed by atoms with Gasteiger partial charge in [0.05, 0.1) is 12.2 Å². The van der Waals surface area contributed by atoms with Crippen molar-refractivity contribution in [2.45, 2.75) is 13.5 Å². The maximum Gasteiger partial charge on any atom is 0.267 e. The summed E-state index contributed by atoms with van der Waals surface area (Å²) >= 11 is 0. The number of rotatable bonds is 3. The highest BCUT2D eigenvalue weighted by atomic mass is 16.1. The van der Waals surface area contributed by atoms with Crippen LogP contribution in [0.5, 0.6) is 0 Å². The molecule has 0 saturated heterocycles. The fourth-order valence-electron chi connectivity index (χ4n) is 3.14. The molecule has 0 bridgehead atoms. The molecule has 0 aliphatic carbocycles. The first-order chi connectivity index (χ1) is 12.2. The molecule has 0 aliphatic heterocycles. The Labute approximate surface area is 146 Å². The number of nitrogens with zero attached hydrogens (tertiary/aromatic N) is 2. The molecule has 122 valence electrons. The Kier molecular flexibility index (Phi) is 3.90. The van der Waals surface area contributed by atoms with Gasteiger partial charge in [0.1, 0.15) is 0 Å². The minimum atomic E-state index is -0.0921. The van der Waals surface area contributed by atoms with Gasteiger partial charge in [-0.1, -0.05) is 72.3 Å². The second kappa shape index (κ2) is 6.36. The summed E-state index contributed by atoms with van der Waals surface area (Å²) in [6, 6.07) is 25.9. The number of fused-ring (bicyclic) bond motifs is 1. The molecular formula is C22H18N2O. The fraction of sp³-hybridized carbons (Fsp3) is 0.0909. The van der Waals surface area contributed by atoms with Crippen molar-refractivity contribution in [3.8, 4) is 11.3 Å². The zero-order valence-electron chi connectivity index (χ0n) is 14.0. The monoisotopic (exact) mass is 326 g/mol. The highest BCUT2D eigenvalue weighted by molar-refractivity contribution is 5.95. The van der Waals surface area contributed by atoms with Crippen LogP contribution in [0.2, 0.25) is 0 Å². The van der Waals surface area contributed by atoms with Crippen molar-refractivity contribution >= 4 is 10.8 Å². The molecule has 0 saturated carbocycles. The minimum Gasteiger partial charge on any atom is -0.268 e. The lowest BCUT2D eigenvalue weighted by molar-refractivity contribution is 0.642. The number of hydrogen-bond donors (Lipinski definition) is 0. The topological polar surface area (TPSA) is 34.9 Å². The van der Waals surface area contributed by atoms with Gasteiger partial charge in [-0.25, -0.2) is 4.68 Å². The molecule has 4 rings (SSSR count). The summed E-state index contributed by atoms with van der Waals surface area (Å²) in [5.41, 5.74) is 4.01. The third-order valence-corrected chi connectivity index (χ3v) is 4.35. The standard InChI is InChI=1S/C22H18N2O/c1-16-6-4-7-17(14-16)15-24-22(25)13-12-21(23-24)20-11-5-9-18-8-2-3-10-19(18)20/h2-14H,15H2,1H3. The molecule has 1 aromatic heterocycles. The van der Waals surface area contributed by atoms with Crippen LogP contribution >= 0.6 is 0 Å². The van der Waals surface area contributed by atoms with Gasteiger partial charge in [0.15, 0.2) is 0 Å². The lowest BCUT2D eigenvalue weighted by Gasteiger charge is -2.10. The van der Waals surface area contributed by atoms with Crippen LogP contribution in [0.3, 0.4) is 0 Å². The van der Waals surface area contributed by atoms with E-state index in [0.717, 1.165) is 22.2 Å². The van der Waals surface area contributed by atoms with Gasteiger partial charge >= 0.3 is 0 Å². The van der Waals surface area contributed by atoms with Crippen LogP contribution in [-0.2, 0) is 6.54 Å². The van der Waals surface area contributed by atoms with Gasteiger partial charge in [0.2, 0.25) is 0 Å². The second-order valence-corrected chi connectivity index (χ2v) is 6.23. The summed E-state index contributed by atoms with van der Waals surface area (Å²) in [5, 5.41) is 6.92. The molecule has 4 aromatic rings. The van der Waals surface area contributed by atoms with Crippen molar-refractivity contribution in [2.24, 2.45) is 0 Å². The quantitative estimate of drug-likeness (QED) is 0.558. The predicted molar refractivity (Wildman–Crippen MR) is 102 cm³/mol. The maximum absolute atomic E-state index is 12.3. The average molecular weight is 326 g/mol. The Bertz CT molecular complexity index is 1110. The molecule has 0 aliphatic rings. The molecule has 1 heterocycles. The lowest BCUT2D eigenvalue weighted by Crippen LogP contribution is -2.22. The van der Waals surface area contributed by atoms with Gasteiger partial charge in [0, 0.05) is 11.6 Å². The first-order valence-corrected chi connectivity index (χ1v) is 8.32. The molecular weight excluding hydrogens is 308 g/mol. The molecule has 0 unspecified atom stereocenters. The van der Waals surface area contributed by atoms with Crippen LogP contribution < -0.4 is 5.56 Å². The van der Waals surface area contributed by atoms with Crippen molar-refractivity contribution in [1.82, 2.24) is 9.78 Å². The van der Waals surface area contributed by atoms with Gasteiger partial charge < -0.3 is 0 Å². The van der Waals surface area contributed by atoms with Gasteiger partial charge in [-0.05, 0) is 29.3 Å². The third kappa shape index (κ3) is 3.09. The summed E-state index contributed by atoms with van der Waals surface area (Å²) in [5.74, 6) is 0. The normalized spacial score (nSPS) is 10.9. The van der Waals surface area contributed by atoms with E-state index in [9.17, 15) is 4.79 Å². The van der Waals surface area contributed by atoms with Gasteiger partial charge in [-0.15, -0.1) is 0 Å². The number of benzene rings is 3. The van der Waals surface area contributed by atoms with E-state index in [1.807, 2.05) is 49.4 Å². The minimum absolute atomic E-state index is 0.0921. The van der Waals surface area contributed by atoms with E-state index in [4.69, 9.17) is 0 Å². The average Bonchev–Trinajstić information content (AvgIpc) is 2.63.